The van der Waals surface area contributed by atoms with Crippen molar-refractivity contribution in [2.45, 2.75) is 39.1 Å². The number of amides is 2. The molecule has 0 fully saturated rings. The molecule has 21 heavy (non-hydrogen) atoms. The fourth-order valence-corrected chi connectivity index (χ4v) is 2.32. The molecular formula is C12H18F3N3O2S. The molecule has 0 saturated heterocycles. The Kier molecular flexibility index (Phi) is 5.57. The molecule has 0 aliphatic carbocycles. The second-order valence-electron chi connectivity index (χ2n) is 5.11. The van der Waals surface area contributed by atoms with Gasteiger partial charge in [0.25, 0.3) is 0 Å². The molecule has 2 N–H and O–H groups in total. The summed E-state index contributed by atoms with van der Waals surface area (Å²) in [7, 11) is 0. The van der Waals surface area contributed by atoms with Crippen LogP contribution in [0.15, 0.2) is 5.38 Å². The van der Waals surface area contributed by atoms with Crippen LogP contribution < -0.4 is 5.32 Å². The van der Waals surface area contributed by atoms with Gasteiger partial charge in [0.05, 0.1) is 18.7 Å². The molecule has 1 rings (SSSR count). The Morgan fingerprint density at radius 3 is 2.52 bits per heavy atom. The molecule has 0 saturated carbocycles. The second kappa shape index (κ2) is 6.61. The van der Waals surface area contributed by atoms with Crippen LogP contribution in [-0.4, -0.2) is 39.7 Å². The number of nitrogens with one attached hydrogen (secondary N) is 1. The number of carbonyl (C=O) groups excluding carboxylic acids is 1. The van der Waals surface area contributed by atoms with Gasteiger partial charge in [-0.2, -0.15) is 13.2 Å². The quantitative estimate of drug-likeness (QED) is 0.874. The van der Waals surface area contributed by atoms with Crippen LogP contribution in [0.2, 0.25) is 0 Å². The van der Waals surface area contributed by atoms with Crippen molar-refractivity contribution in [3.8, 4) is 0 Å². The first kappa shape index (κ1) is 17.7. The van der Waals surface area contributed by atoms with Crippen LogP contribution in [0, 0.1) is 0 Å². The van der Waals surface area contributed by atoms with Crippen molar-refractivity contribution in [3.63, 3.8) is 0 Å². The Morgan fingerprint density at radius 1 is 1.48 bits per heavy atom. The molecule has 1 aromatic rings. The average Bonchev–Trinajstić information content (AvgIpc) is 2.80. The number of rotatable bonds is 5. The normalized spacial score (nSPS) is 12.3. The number of hydrogen-bond acceptors (Lipinski definition) is 4. The van der Waals surface area contributed by atoms with Gasteiger partial charge in [0.2, 0.25) is 0 Å². The number of hydrogen-bond donors (Lipinski definition) is 2. The molecule has 1 aromatic heterocycles. The zero-order chi connectivity index (χ0) is 16.3. The maximum absolute atomic E-state index is 12.4. The van der Waals surface area contributed by atoms with Gasteiger partial charge in [-0.1, -0.05) is 0 Å². The summed E-state index contributed by atoms with van der Waals surface area (Å²) in [5, 5.41) is 13.3. The summed E-state index contributed by atoms with van der Waals surface area (Å²) in [5.74, 6) is 0. The van der Waals surface area contributed by atoms with Crippen LogP contribution >= 0.6 is 11.3 Å². The highest BCUT2D eigenvalue weighted by Gasteiger charge is 2.33. The van der Waals surface area contributed by atoms with Crippen LogP contribution in [0.1, 0.15) is 31.5 Å². The number of alkyl halides is 3. The number of aromatic nitrogens is 1. The summed E-state index contributed by atoms with van der Waals surface area (Å²) in [6.07, 6.45) is -4.48. The summed E-state index contributed by atoms with van der Waals surface area (Å²) >= 11 is 0.837. The molecule has 2 amide bonds. The first-order valence-electron chi connectivity index (χ1n) is 6.29. The van der Waals surface area contributed by atoms with Crippen molar-refractivity contribution in [1.82, 2.24) is 15.2 Å². The van der Waals surface area contributed by atoms with E-state index in [0.29, 0.717) is 6.54 Å². The number of urea groups is 1. The van der Waals surface area contributed by atoms with Crippen LogP contribution in [0.3, 0.4) is 0 Å². The minimum atomic E-state index is -4.48. The minimum absolute atomic E-state index is 0.0814. The third-order valence-corrected chi connectivity index (χ3v) is 3.33. The predicted molar refractivity (Wildman–Crippen MR) is 72.9 cm³/mol. The maximum Gasteiger partial charge on any atom is 0.434 e. The van der Waals surface area contributed by atoms with Gasteiger partial charge in [-0.15, -0.1) is 11.3 Å². The van der Waals surface area contributed by atoms with Gasteiger partial charge >= 0.3 is 12.2 Å². The molecule has 0 bridgehead atoms. The van der Waals surface area contributed by atoms with Crippen molar-refractivity contribution in [3.05, 3.63) is 16.1 Å². The second-order valence-corrected chi connectivity index (χ2v) is 6.05. The number of likely N-dealkylation sites (N-methyl/N-ethyl adjacent to an activating group) is 1. The zero-order valence-electron chi connectivity index (χ0n) is 12.0. The lowest BCUT2D eigenvalue weighted by Gasteiger charge is -2.28. The first-order valence-corrected chi connectivity index (χ1v) is 7.17. The Labute approximate surface area is 124 Å². The summed E-state index contributed by atoms with van der Waals surface area (Å²) in [4.78, 5) is 16.7. The van der Waals surface area contributed by atoms with Gasteiger partial charge in [0.15, 0.2) is 5.69 Å². The lowest BCUT2D eigenvalue weighted by atomic mass is 10.1. The molecule has 5 nitrogen and oxygen atoms in total. The van der Waals surface area contributed by atoms with Crippen LogP contribution in [0.25, 0.3) is 0 Å². The SMILES string of the molecule is CCN(CC(C)(C)O)C(=O)NCc1nc(C(F)(F)F)cs1. The largest absolute Gasteiger partial charge is 0.434 e. The van der Waals surface area contributed by atoms with Crippen molar-refractivity contribution >= 4 is 17.4 Å². The molecule has 0 aliphatic heterocycles. The monoisotopic (exact) mass is 325 g/mol. The van der Waals surface area contributed by atoms with Crippen LogP contribution in [0.5, 0.6) is 0 Å². The van der Waals surface area contributed by atoms with E-state index in [1.807, 2.05) is 0 Å². The summed E-state index contributed by atoms with van der Waals surface area (Å²) in [6, 6.07) is -0.455. The topological polar surface area (TPSA) is 65.5 Å². The number of halogens is 3. The molecule has 9 heteroatoms. The fourth-order valence-electron chi connectivity index (χ4n) is 1.58. The Hall–Kier alpha value is -1.35. The number of aliphatic hydroxyl groups is 1. The average molecular weight is 325 g/mol. The van der Waals surface area contributed by atoms with E-state index in [-0.39, 0.29) is 18.1 Å². The maximum atomic E-state index is 12.4. The lowest BCUT2D eigenvalue weighted by molar-refractivity contribution is -0.140. The van der Waals surface area contributed by atoms with Gasteiger partial charge in [0.1, 0.15) is 5.01 Å². The molecule has 0 aliphatic rings. The van der Waals surface area contributed by atoms with E-state index in [1.165, 1.54) is 4.90 Å². The van der Waals surface area contributed by atoms with E-state index in [4.69, 9.17) is 0 Å². The highest BCUT2D eigenvalue weighted by molar-refractivity contribution is 7.09. The molecule has 0 aromatic carbocycles. The molecule has 0 radical (unpaired) electrons. The zero-order valence-corrected chi connectivity index (χ0v) is 12.8. The highest BCUT2D eigenvalue weighted by Crippen LogP contribution is 2.29. The van der Waals surface area contributed by atoms with E-state index < -0.39 is 23.5 Å². The predicted octanol–water partition coefficient (Wildman–Crippen LogP) is 2.46. The van der Waals surface area contributed by atoms with Crippen molar-refractivity contribution < 1.29 is 23.1 Å². The highest BCUT2D eigenvalue weighted by atomic mass is 32.1. The molecule has 120 valence electrons. The number of nitrogens with zero attached hydrogens (tertiary/aromatic N) is 2. The Bertz CT molecular complexity index is 483. The van der Waals surface area contributed by atoms with E-state index in [9.17, 15) is 23.1 Å². The molecule has 1 heterocycles. The van der Waals surface area contributed by atoms with Gasteiger partial charge in [-0.25, -0.2) is 9.78 Å². The summed E-state index contributed by atoms with van der Waals surface area (Å²) < 4.78 is 37.2. The summed E-state index contributed by atoms with van der Waals surface area (Å²) in [5.41, 5.74) is -2.00. The van der Waals surface area contributed by atoms with Crippen LogP contribution in [0.4, 0.5) is 18.0 Å². The summed E-state index contributed by atoms with van der Waals surface area (Å²) in [6.45, 7) is 5.31. The molecular weight excluding hydrogens is 307 g/mol. The van der Waals surface area contributed by atoms with Crippen molar-refractivity contribution in [2.75, 3.05) is 13.1 Å². The standard InChI is InChI=1S/C12H18F3N3O2S/c1-4-18(7-11(2,3)20)10(19)16-5-9-17-8(6-21-9)12(13,14)15/h6,20H,4-5,7H2,1-3H3,(H,16,19). The third kappa shape index (κ3) is 5.88. The number of thiazole rings is 1. The van der Waals surface area contributed by atoms with E-state index in [0.717, 1.165) is 16.7 Å². The van der Waals surface area contributed by atoms with E-state index >= 15 is 0 Å². The fraction of sp³-hybridized carbons (Fsp3) is 0.667. The molecule has 0 spiro atoms. The van der Waals surface area contributed by atoms with Crippen LogP contribution in [-0.2, 0) is 12.7 Å². The number of carbonyl (C=O) groups is 1. The van der Waals surface area contributed by atoms with Gasteiger partial charge < -0.3 is 15.3 Å². The lowest BCUT2D eigenvalue weighted by Crippen LogP contribution is -2.46. The molecule has 0 unspecified atom stereocenters. The Morgan fingerprint density at radius 2 is 2.10 bits per heavy atom. The smallest absolute Gasteiger partial charge is 0.389 e. The van der Waals surface area contributed by atoms with Crippen molar-refractivity contribution in [1.29, 1.82) is 0 Å². The Balaban J connectivity index is 2.57. The third-order valence-electron chi connectivity index (χ3n) is 2.48. The van der Waals surface area contributed by atoms with Crippen molar-refractivity contribution in [2.24, 2.45) is 0 Å². The van der Waals surface area contributed by atoms with Gasteiger partial charge in [0, 0.05) is 11.9 Å². The van der Waals surface area contributed by atoms with Gasteiger partial charge in [-0.3, -0.25) is 0 Å². The molecule has 0 atom stereocenters. The first-order chi connectivity index (χ1) is 9.53. The van der Waals surface area contributed by atoms with E-state index in [1.54, 1.807) is 20.8 Å². The minimum Gasteiger partial charge on any atom is -0.389 e. The van der Waals surface area contributed by atoms with E-state index in [2.05, 4.69) is 10.3 Å². The van der Waals surface area contributed by atoms with Gasteiger partial charge in [-0.05, 0) is 20.8 Å².